The Hall–Kier alpha value is -4.24. The van der Waals surface area contributed by atoms with E-state index in [4.69, 9.17) is 24.5 Å². The van der Waals surface area contributed by atoms with Crippen molar-refractivity contribution in [1.29, 1.82) is 0 Å². The van der Waals surface area contributed by atoms with Crippen molar-refractivity contribution in [2.24, 2.45) is 11.0 Å². The summed E-state index contributed by atoms with van der Waals surface area (Å²) in [6.45, 7) is 2.60. The number of aryl methyl sites for hydroxylation is 1. The van der Waals surface area contributed by atoms with E-state index in [1.165, 1.54) is 7.11 Å². The number of fused-ring (bicyclic) bond motifs is 3. The van der Waals surface area contributed by atoms with Crippen LogP contribution in [0.2, 0.25) is 0 Å². The molecule has 0 bridgehead atoms. The molecular formula is C31H33N3O7. The van der Waals surface area contributed by atoms with Crippen molar-refractivity contribution in [3.8, 4) is 17.2 Å². The number of rotatable bonds is 10. The first-order chi connectivity index (χ1) is 19.8. The van der Waals surface area contributed by atoms with Gasteiger partial charge in [-0.2, -0.15) is 0 Å². The van der Waals surface area contributed by atoms with Crippen LogP contribution in [0.25, 0.3) is 10.4 Å². The first-order valence-corrected chi connectivity index (χ1v) is 13.5. The molecule has 3 aromatic carbocycles. The number of hydrogen-bond acceptors (Lipinski definition) is 8. The highest BCUT2D eigenvalue weighted by atomic mass is 16.5. The standard InChI is InChI=1S/C31H33N3O7/c1-19-17-23(40-16-8-7-15-33-34-32)18-24-26(19)30(37)28(35)25(29(36)39-3)27(20-9-5-4-6-10-20)31(30,41-24)21-11-13-22(38-2)14-12-21/h4-6,9-14,17-18,25,27-28,35,37H,7-8,15-16H2,1-3H3/t25?,27-,28-,30+,31+/m0/s1. The lowest BCUT2D eigenvalue weighted by molar-refractivity contribution is -0.161. The molecule has 5 rings (SSSR count). The third-order valence-electron chi connectivity index (χ3n) is 8.19. The molecule has 0 saturated heterocycles. The van der Waals surface area contributed by atoms with Gasteiger partial charge in [0.25, 0.3) is 0 Å². The fraction of sp³-hybridized carbons (Fsp3) is 0.387. The van der Waals surface area contributed by atoms with Crippen LogP contribution < -0.4 is 14.2 Å². The largest absolute Gasteiger partial charge is 0.497 e. The van der Waals surface area contributed by atoms with Crippen molar-refractivity contribution >= 4 is 5.97 Å². The number of ether oxygens (including phenoxy) is 4. The smallest absolute Gasteiger partial charge is 0.312 e. The lowest BCUT2D eigenvalue weighted by Crippen LogP contribution is -2.52. The zero-order chi connectivity index (χ0) is 29.2. The summed E-state index contributed by atoms with van der Waals surface area (Å²) >= 11 is 0. The van der Waals surface area contributed by atoms with E-state index in [9.17, 15) is 15.0 Å². The third-order valence-corrected chi connectivity index (χ3v) is 8.19. The van der Waals surface area contributed by atoms with Crippen molar-refractivity contribution in [2.75, 3.05) is 27.4 Å². The summed E-state index contributed by atoms with van der Waals surface area (Å²) in [5.74, 6) is -1.10. The average molecular weight is 560 g/mol. The Morgan fingerprint density at radius 1 is 1.07 bits per heavy atom. The fourth-order valence-corrected chi connectivity index (χ4v) is 6.50. The van der Waals surface area contributed by atoms with Crippen LogP contribution in [-0.2, 0) is 20.7 Å². The molecule has 0 aromatic heterocycles. The van der Waals surface area contributed by atoms with Gasteiger partial charge in [-0.3, -0.25) is 4.79 Å². The highest BCUT2D eigenvalue weighted by molar-refractivity contribution is 5.78. The molecule has 3 aromatic rings. The monoisotopic (exact) mass is 559 g/mol. The van der Waals surface area contributed by atoms with Gasteiger partial charge in [-0.25, -0.2) is 0 Å². The Morgan fingerprint density at radius 2 is 1.80 bits per heavy atom. The first-order valence-electron chi connectivity index (χ1n) is 13.5. The van der Waals surface area contributed by atoms with Gasteiger partial charge in [0.1, 0.15) is 23.4 Å². The summed E-state index contributed by atoms with van der Waals surface area (Å²) in [7, 11) is 2.83. The number of carbonyl (C=O) groups excluding carboxylic acids is 1. The highest BCUT2D eigenvalue weighted by Gasteiger charge is 2.77. The van der Waals surface area contributed by atoms with Gasteiger partial charge in [0.05, 0.1) is 26.7 Å². The Labute approximate surface area is 238 Å². The quantitative estimate of drug-likeness (QED) is 0.118. The summed E-state index contributed by atoms with van der Waals surface area (Å²) in [5, 5.41) is 28.3. The van der Waals surface area contributed by atoms with E-state index in [2.05, 4.69) is 10.0 Å². The summed E-state index contributed by atoms with van der Waals surface area (Å²) in [6.07, 6.45) is -0.189. The van der Waals surface area contributed by atoms with Crippen LogP contribution in [0.15, 0.2) is 71.8 Å². The third kappa shape index (κ3) is 4.44. The zero-order valence-corrected chi connectivity index (χ0v) is 23.2. The van der Waals surface area contributed by atoms with E-state index in [1.807, 2.05) is 37.3 Å². The van der Waals surface area contributed by atoms with Gasteiger partial charge in [0, 0.05) is 29.0 Å². The number of aliphatic hydroxyl groups is 2. The average Bonchev–Trinajstić information content (AvgIpc) is 3.37. The summed E-state index contributed by atoms with van der Waals surface area (Å²) in [5.41, 5.74) is 7.14. The molecule has 41 heavy (non-hydrogen) atoms. The molecule has 10 nitrogen and oxygen atoms in total. The maximum Gasteiger partial charge on any atom is 0.312 e. The molecule has 0 amide bonds. The predicted octanol–water partition coefficient (Wildman–Crippen LogP) is 4.90. The van der Waals surface area contributed by atoms with Crippen LogP contribution in [0.3, 0.4) is 0 Å². The van der Waals surface area contributed by atoms with Crippen molar-refractivity contribution in [3.63, 3.8) is 0 Å². The van der Waals surface area contributed by atoms with Crippen LogP contribution in [0.5, 0.6) is 17.2 Å². The van der Waals surface area contributed by atoms with Gasteiger partial charge in [-0.1, -0.05) is 47.6 Å². The number of carbonyl (C=O) groups is 1. The molecule has 10 heteroatoms. The van der Waals surface area contributed by atoms with Crippen LogP contribution >= 0.6 is 0 Å². The van der Waals surface area contributed by atoms with Gasteiger partial charge < -0.3 is 29.2 Å². The molecule has 0 radical (unpaired) electrons. The summed E-state index contributed by atoms with van der Waals surface area (Å²) in [4.78, 5) is 16.1. The first kappa shape index (κ1) is 28.3. The molecule has 1 aliphatic heterocycles. The van der Waals surface area contributed by atoms with Crippen molar-refractivity contribution < 1.29 is 34.0 Å². The normalized spacial score (nSPS) is 25.8. The van der Waals surface area contributed by atoms with Gasteiger partial charge in [-0.15, -0.1) is 0 Å². The lowest BCUT2D eigenvalue weighted by atomic mass is 9.70. The fourth-order valence-electron chi connectivity index (χ4n) is 6.50. The Bertz CT molecular complexity index is 1460. The van der Waals surface area contributed by atoms with Crippen LogP contribution in [-0.4, -0.2) is 49.7 Å². The van der Waals surface area contributed by atoms with E-state index < -0.39 is 35.1 Å². The van der Waals surface area contributed by atoms with E-state index in [-0.39, 0.29) is 0 Å². The number of methoxy groups -OCH3 is 2. The van der Waals surface area contributed by atoms with Gasteiger partial charge in [-0.05, 0) is 60.2 Å². The number of esters is 1. The summed E-state index contributed by atoms with van der Waals surface area (Å²) < 4.78 is 23.4. The summed E-state index contributed by atoms with van der Waals surface area (Å²) in [6, 6.07) is 19.8. The second-order valence-corrected chi connectivity index (χ2v) is 10.3. The SMILES string of the molecule is COC(=O)C1[C@H](O)[C@]2(O)c3c(C)cc(OCCCCN=[N+]=[N-])cc3O[C@]2(c2ccc(OC)cc2)[C@H]1c1ccccc1. The second kappa shape index (κ2) is 11.3. The number of azide groups is 1. The number of benzene rings is 3. The molecule has 1 unspecified atom stereocenters. The minimum Gasteiger partial charge on any atom is -0.497 e. The van der Waals surface area contributed by atoms with E-state index in [1.54, 1.807) is 43.5 Å². The molecule has 214 valence electrons. The van der Waals surface area contributed by atoms with E-state index >= 15 is 0 Å². The van der Waals surface area contributed by atoms with Gasteiger partial charge >= 0.3 is 5.97 Å². The predicted molar refractivity (Wildman–Crippen MR) is 150 cm³/mol. The maximum absolute atomic E-state index is 13.3. The molecule has 1 saturated carbocycles. The van der Waals surface area contributed by atoms with Crippen LogP contribution in [0.1, 0.15) is 41.0 Å². The molecule has 1 aliphatic carbocycles. The Morgan fingerprint density at radius 3 is 2.46 bits per heavy atom. The zero-order valence-electron chi connectivity index (χ0n) is 23.2. The number of unbranched alkanes of at least 4 members (excludes halogenated alkanes) is 1. The van der Waals surface area contributed by atoms with E-state index in [0.29, 0.717) is 65.5 Å². The number of nitrogens with zero attached hydrogens (tertiary/aromatic N) is 3. The van der Waals surface area contributed by atoms with Crippen molar-refractivity contribution in [2.45, 2.75) is 43.0 Å². The highest BCUT2D eigenvalue weighted by Crippen LogP contribution is 2.69. The lowest BCUT2D eigenvalue weighted by Gasteiger charge is -2.41. The number of aliphatic hydroxyl groups excluding tert-OH is 1. The minimum absolute atomic E-state index is 0.357. The van der Waals surface area contributed by atoms with E-state index in [0.717, 1.165) is 0 Å². The van der Waals surface area contributed by atoms with Crippen molar-refractivity contribution in [1.82, 2.24) is 0 Å². The second-order valence-electron chi connectivity index (χ2n) is 10.3. The van der Waals surface area contributed by atoms with Crippen LogP contribution in [0.4, 0.5) is 0 Å². The van der Waals surface area contributed by atoms with Crippen molar-refractivity contribution in [3.05, 3.63) is 99.4 Å². The van der Waals surface area contributed by atoms with Crippen LogP contribution in [0, 0.1) is 12.8 Å². The molecule has 2 aliphatic rings. The maximum atomic E-state index is 13.3. The minimum atomic E-state index is -2.02. The Balaban J connectivity index is 1.67. The molecule has 5 atom stereocenters. The van der Waals surface area contributed by atoms with Gasteiger partial charge in [0.15, 0.2) is 11.2 Å². The number of hydrogen-bond donors (Lipinski definition) is 2. The molecule has 0 spiro atoms. The Kier molecular flexibility index (Phi) is 7.82. The molecule has 1 fully saturated rings. The molecular weight excluding hydrogens is 526 g/mol. The van der Waals surface area contributed by atoms with Gasteiger partial charge in [0.2, 0.25) is 0 Å². The molecule has 2 N–H and O–H groups in total. The topological polar surface area (TPSA) is 143 Å². The molecule has 1 heterocycles.